The van der Waals surface area contributed by atoms with Crippen LogP contribution in [0.2, 0.25) is 0 Å². The van der Waals surface area contributed by atoms with Gasteiger partial charge in [-0.2, -0.15) is 0 Å². The molecular formula is C21H22O6. The number of aliphatic hydroxyl groups is 4. The maximum Gasteiger partial charge on any atom is 0.134 e. The summed E-state index contributed by atoms with van der Waals surface area (Å²) in [6.45, 7) is -0.448. The Hall–Kier alpha value is -2.22. The topological polar surface area (TPSA) is 103 Å². The largest absolute Gasteiger partial charge is 0.461 e. The smallest absolute Gasteiger partial charge is 0.134 e. The van der Waals surface area contributed by atoms with Gasteiger partial charge in [0.05, 0.1) is 6.61 Å². The number of ether oxygens (including phenoxy) is 1. The molecule has 2 aromatic carbocycles. The molecular weight excluding hydrogens is 348 g/mol. The highest BCUT2D eigenvalue weighted by Gasteiger charge is 2.43. The summed E-state index contributed by atoms with van der Waals surface area (Å²) in [5.74, 6) is 0.821. The number of rotatable bonds is 4. The van der Waals surface area contributed by atoms with E-state index in [1.54, 1.807) is 12.1 Å². The van der Waals surface area contributed by atoms with E-state index in [1.807, 2.05) is 42.5 Å². The van der Waals surface area contributed by atoms with Gasteiger partial charge in [0.1, 0.15) is 41.9 Å². The first-order valence-electron chi connectivity index (χ1n) is 8.93. The van der Waals surface area contributed by atoms with E-state index in [1.165, 1.54) is 0 Å². The Morgan fingerprint density at radius 2 is 1.63 bits per heavy atom. The van der Waals surface area contributed by atoms with Crippen LogP contribution < -0.4 is 0 Å². The molecule has 0 spiro atoms. The molecule has 0 bridgehead atoms. The van der Waals surface area contributed by atoms with E-state index >= 15 is 0 Å². The highest BCUT2D eigenvalue weighted by molar-refractivity contribution is 5.79. The van der Waals surface area contributed by atoms with Crippen LogP contribution in [0.25, 0.3) is 11.0 Å². The van der Waals surface area contributed by atoms with Crippen molar-refractivity contribution in [1.82, 2.24) is 0 Å². The fourth-order valence-electron chi connectivity index (χ4n) is 3.56. The normalized spacial score (nSPS) is 28.5. The second-order valence-corrected chi connectivity index (χ2v) is 6.92. The standard InChI is InChI=1S/C21H22O6/c22-11-17-18(23)19(24)20(25)21(27-17)13-6-7-16-14(9-13)10-15(26-16)8-12-4-2-1-3-5-12/h1-7,9-10,17-25H,8,11H2/t17-,18-,19+,20-,21+/m1/s1. The number of hydrogen-bond acceptors (Lipinski definition) is 6. The highest BCUT2D eigenvalue weighted by Crippen LogP contribution is 2.34. The van der Waals surface area contributed by atoms with Crippen molar-refractivity contribution in [3.05, 3.63) is 71.5 Å². The van der Waals surface area contributed by atoms with E-state index in [4.69, 9.17) is 9.15 Å². The van der Waals surface area contributed by atoms with Crippen LogP contribution in [-0.4, -0.2) is 51.4 Å². The van der Waals surface area contributed by atoms with Gasteiger partial charge in [0.2, 0.25) is 0 Å². The molecule has 1 aliphatic heterocycles. The van der Waals surface area contributed by atoms with Crippen LogP contribution in [0.15, 0.2) is 59.0 Å². The molecule has 3 aromatic rings. The summed E-state index contributed by atoms with van der Waals surface area (Å²) in [5, 5.41) is 40.4. The molecule has 6 nitrogen and oxygen atoms in total. The molecule has 0 unspecified atom stereocenters. The first-order chi connectivity index (χ1) is 13.1. The quantitative estimate of drug-likeness (QED) is 0.556. The summed E-state index contributed by atoms with van der Waals surface area (Å²) >= 11 is 0. The molecule has 0 aliphatic carbocycles. The van der Waals surface area contributed by atoms with E-state index in [2.05, 4.69) is 0 Å². The van der Waals surface area contributed by atoms with Crippen LogP contribution in [0, 0.1) is 0 Å². The third-order valence-electron chi connectivity index (χ3n) is 5.03. The number of benzene rings is 2. The van der Waals surface area contributed by atoms with Crippen molar-refractivity contribution in [2.24, 2.45) is 0 Å². The van der Waals surface area contributed by atoms with E-state index in [0.717, 1.165) is 16.7 Å². The summed E-state index contributed by atoms with van der Waals surface area (Å²) in [4.78, 5) is 0. The Morgan fingerprint density at radius 3 is 2.37 bits per heavy atom. The first kappa shape index (κ1) is 18.2. The van der Waals surface area contributed by atoms with Gasteiger partial charge in [-0.15, -0.1) is 0 Å². The lowest BCUT2D eigenvalue weighted by atomic mass is 9.91. The van der Waals surface area contributed by atoms with Crippen LogP contribution in [-0.2, 0) is 11.2 Å². The van der Waals surface area contributed by atoms with Crippen molar-refractivity contribution in [2.45, 2.75) is 36.9 Å². The van der Waals surface area contributed by atoms with Crippen molar-refractivity contribution >= 4 is 11.0 Å². The summed E-state index contributed by atoms with van der Waals surface area (Å²) < 4.78 is 11.5. The SMILES string of the molecule is OC[C@H]1O[C@@H](c2ccc3oc(Cc4ccccc4)cc3c2)[C@H](O)[C@@H](O)[C@@H]1O. The van der Waals surface area contributed by atoms with Crippen LogP contribution >= 0.6 is 0 Å². The first-order valence-corrected chi connectivity index (χ1v) is 8.93. The average Bonchev–Trinajstić information content (AvgIpc) is 3.08. The minimum absolute atomic E-state index is 0.448. The van der Waals surface area contributed by atoms with E-state index in [9.17, 15) is 20.4 Å². The minimum atomic E-state index is -1.39. The van der Waals surface area contributed by atoms with Crippen LogP contribution in [0.4, 0.5) is 0 Å². The van der Waals surface area contributed by atoms with Gasteiger partial charge in [0.25, 0.3) is 0 Å². The zero-order chi connectivity index (χ0) is 19.0. The lowest BCUT2D eigenvalue weighted by Gasteiger charge is -2.40. The van der Waals surface area contributed by atoms with Gasteiger partial charge in [0, 0.05) is 11.8 Å². The van der Waals surface area contributed by atoms with Crippen molar-refractivity contribution < 1.29 is 29.6 Å². The molecule has 5 atom stereocenters. The summed E-state index contributed by atoms with van der Waals surface area (Å²) in [5.41, 5.74) is 2.51. The predicted molar refractivity (Wildman–Crippen MR) is 98.2 cm³/mol. The maximum absolute atomic E-state index is 10.3. The fraction of sp³-hybridized carbons (Fsp3) is 0.333. The molecule has 0 radical (unpaired) electrons. The second kappa shape index (κ2) is 7.42. The third-order valence-corrected chi connectivity index (χ3v) is 5.03. The van der Waals surface area contributed by atoms with E-state index in [-0.39, 0.29) is 0 Å². The molecule has 1 saturated heterocycles. The van der Waals surface area contributed by atoms with Gasteiger partial charge < -0.3 is 29.6 Å². The van der Waals surface area contributed by atoms with Gasteiger partial charge in [-0.3, -0.25) is 0 Å². The lowest BCUT2D eigenvalue weighted by molar-refractivity contribution is -0.231. The zero-order valence-corrected chi connectivity index (χ0v) is 14.6. The van der Waals surface area contributed by atoms with Gasteiger partial charge in [-0.05, 0) is 29.3 Å². The molecule has 27 heavy (non-hydrogen) atoms. The molecule has 6 heteroatoms. The Labute approximate surface area is 156 Å². The van der Waals surface area contributed by atoms with Crippen molar-refractivity contribution in [1.29, 1.82) is 0 Å². The zero-order valence-electron chi connectivity index (χ0n) is 14.6. The van der Waals surface area contributed by atoms with Crippen molar-refractivity contribution in [2.75, 3.05) is 6.61 Å². The van der Waals surface area contributed by atoms with Crippen molar-refractivity contribution in [3.63, 3.8) is 0 Å². The van der Waals surface area contributed by atoms with Crippen LogP contribution in [0.5, 0.6) is 0 Å². The van der Waals surface area contributed by atoms with Gasteiger partial charge in [-0.25, -0.2) is 0 Å². The predicted octanol–water partition coefficient (Wildman–Crippen LogP) is 1.54. The number of hydrogen-bond donors (Lipinski definition) is 4. The third kappa shape index (κ3) is 3.50. The average molecular weight is 370 g/mol. The Balaban J connectivity index is 1.61. The summed E-state index contributed by atoms with van der Waals surface area (Å²) in [6.07, 6.45) is -5.16. The molecule has 4 N–H and O–H groups in total. The maximum atomic E-state index is 10.3. The minimum Gasteiger partial charge on any atom is -0.461 e. The van der Waals surface area contributed by atoms with Gasteiger partial charge in [0.15, 0.2) is 0 Å². The summed E-state index contributed by atoms with van der Waals surface area (Å²) in [7, 11) is 0. The lowest BCUT2D eigenvalue weighted by Crippen LogP contribution is -2.55. The second-order valence-electron chi connectivity index (χ2n) is 6.92. The molecule has 1 aromatic heterocycles. The van der Waals surface area contributed by atoms with Crippen molar-refractivity contribution in [3.8, 4) is 0 Å². The van der Waals surface area contributed by atoms with Crippen LogP contribution in [0.3, 0.4) is 0 Å². The van der Waals surface area contributed by atoms with Crippen LogP contribution in [0.1, 0.15) is 23.0 Å². The Bertz CT molecular complexity index is 903. The number of fused-ring (bicyclic) bond motifs is 1. The summed E-state index contributed by atoms with van der Waals surface area (Å²) in [6, 6.07) is 17.3. The van der Waals surface area contributed by atoms with E-state index in [0.29, 0.717) is 17.6 Å². The Morgan fingerprint density at radius 1 is 0.852 bits per heavy atom. The molecule has 4 rings (SSSR count). The van der Waals surface area contributed by atoms with Gasteiger partial charge >= 0.3 is 0 Å². The highest BCUT2D eigenvalue weighted by atomic mass is 16.5. The molecule has 2 heterocycles. The number of furan rings is 1. The Kier molecular flexibility index (Phi) is 4.99. The monoisotopic (exact) mass is 370 g/mol. The molecule has 1 aliphatic rings. The fourth-order valence-corrected chi connectivity index (χ4v) is 3.56. The molecule has 0 saturated carbocycles. The van der Waals surface area contributed by atoms with Gasteiger partial charge in [-0.1, -0.05) is 36.4 Å². The number of aliphatic hydroxyl groups excluding tert-OH is 4. The molecule has 0 amide bonds. The van der Waals surface area contributed by atoms with E-state index < -0.39 is 37.1 Å². The molecule has 1 fully saturated rings. The molecule has 142 valence electrons.